The van der Waals surface area contributed by atoms with Crippen molar-refractivity contribution in [1.82, 2.24) is 9.80 Å². The lowest BCUT2D eigenvalue weighted by molar-refractivity contribution is -0.135. The Labute approximate surface area is 137 Å². The SMILES string of the molecule is Cc1ccc(C)c(NC(=O)C2CC2C(=O)N2CCN(C)CC2)c1. The summed E-state index contributed by atoms with van der Waals surface area (Å²) in [5.74, 6) is -0.156. The summed E-state index contributed by atoms with van der Waals surface area (Å²) in [6.45, 7) is 7.37. The van der Waals surface area contributed by atoms with Gasteiger partial charge in [0.2, 0.25) is 11.8 Å². The molecule has 1 aromatic rings. The first-order valence-electron chi connectivity index (χ1n) is 8.31. The van der Waals surface area contributed by atoms with Crippen molar-refractivity contribution in [2.24, 2.45) is 11.8 Å². The lowest BCUT2D eigenvalue weighted by Crippen LogP contribution is -2.48. The maximum atomic E-state index is 12.5. The number of likely N-dealkylation sites (N-methyl/N-ethyl adjacent to an activating group) is 1. The maximum absolute atomic E-state index is 12.5. The summed E-state index contributed by atoms with van der Waals surface area (Å²) < 4.78 is 0. The highest BCUT2D eigenvalue weighted by Crippen LogP contribution is 2.41. The van der Waals surface area contributed by atoms with E-state index in [4.69, 9.17) is 0 Å². The number of hydrogen-bond donors (Lipinski definition) is 1. The average molecular weight is 315 g/mol. The third-order valence-electron chi connectivity index (χ3n) is 4.91. The number of benzene rings is 1. The van der Waals surface area contributed by atoms with Crippen molar-refractivity contribution >= 4 is 17.5 Å². The Balaban J connectivity index is 1.56. The van der Waals surface area contributed by atoms with Crippen molar-refractivity contribution in [3.8, 4) is 0 Å². The van der Waals surface area contributed by atoms with Gasteiger partial charge >= 0.3 is 0 Å². The van der Waals surface area contributed by atoms with Crippen molar-refractivity contribution in [1.29, 1.82) is 0 Å². The zero-order valence-corrected chi connectivity index (χ0v) is 14.1. The van der Waals surface area contributed by atoms with Gasteiger partial charge in [0.05, 0.1) is 11.8 Å². The average Bonchev–Trinajstić information content (AvgIpc) is 3.31. The molecule has 2 aliphatic rings. The van der Waals surface area contributed by atoms with Crippen LogP contribution in [0.4, 0.5) is 5.69 Å². The van der Waals surface area contributed by atoms with Gasteiger partial charge in [0, 0.05) is 31.9 Å². The van der Waals surface area contributed by atoms with Crippen LogP contribution in [0, 0.1) is 25.7 Å². The van der Waals surface area contributed by atoms with Gasteiger partial charge in [-0.3, -0.25) is 9.59 Å². The smallest absolute Gasteiger partial charge is 0.228 e. The number of carbonyl (C=O) groups excluding carboxylic acids is 2. The van der Waals surface area contributed by atoms with Gasteiger partial charge in [-0.15, -0.1) is 0 Å². The third kappa shape index (κ3) is 3.55. The Morgan fingerprint density at radius 1 is 1.09 bits per heavy atom. The van der Waals surface area contributed by atoms with Gasteiger partial charge in [0.15, 0.2) is 0 Å². The van der Waals surface area contributed by atoms with Gasteiger partial charge in [-0.2, -0.15) is 0 Å². The molecule has 1 saturated heterocycles. The van der Waals surface area contributed by atoms with Crippen LogP contribution in [0.25, 0.3) is 0 Å². The van der Waals surface area contributed by atoms with Crippen molar-refractivity contribution in [3.63, 3.8) is 0 Å². The number of hydrogen-bond acceptors (Lipinski definition) is 3. The van der Waals surface area contributed by atoms with Gasteiger partial charge in [-0.1, -0.05) is 12.1 Å². The minimum atomic E-state index is -0.165. The molecule has 5 nitrogen and oxygen atoms in total. The molecule has 3 rings (SSSR count). The van der Waals surface area contributed by atoms with Crippen molar-refractivity contribution in [2.75, 3.05) is 38.5 Å². The van der Waals surface area contributed by atoms with Crippen LogP contribution < -0.4 is 5.32 Å². The Morgan fingerprint density at radius 2 is 1.78 bits per heavy atom. The van der Waals surface area contributed by atoms with Gasteiger partial charge in [-0.05, 0) is 44.5 Å². The van der Waals surface area contributed by atoms with Crippen LogP contribution in [0.3, 0.4) is 0 Å². The normalized spacial score (nSPS) is 24.4. The number of carbonyl (C=O) groups is 2. The van der Waals surface area contributed by atoms with Crippen LogP contribution in [0.15, 0.2) is 18.2 Å². The maximum Gasteiger partial charge on any atom is 0.228 e. The van der Waals surface area contributed by atoms with E-state index in [1.54, 1.807) is 0 Å². The molecule has 5 heteroatoms. The molecule has 2 unspecified atom stereocenters. The highest BCUT2D eigenvalue weighted by atomic mass is 16.2. The molecule has 1 N–H and O–H groups in total. The number of amides is 2. The lowest BCUT2D eigenvalue weighted by Gasteiger charge is -2.32. The third-order valence-corrected chi connectivity index (χ3v) is 4.91. The molecule has 1 saturated carbocycles. The van der Waals surface area contributed by atoms with E-state index in [1.165, 1.54) is 0 Å². The molecule has 1 aliphatic carbocycles. The van der Waals surface area contributed by atoms with Gasteiger partial charge in [0.1, 0.15) is 0 Å². The highest BCUT2D eigenvalue weighted by molar-refractivity contribution is 6.00. The number of rotatable bonds is 3. The quantitative estimate of drug-likeness (QED) is 0.923. The van der Waals surface area contributed by atoms with Crippen LogP contribution in [0.1, 0.15) is 17.5 Å². The molecule has 1 aliphatic heterocycles. The number of nitrogens with zero attached hydrogens (tertiary/aromatic N) is 2. The Morgan fingerprint density at radius 3 is 2.48 bits per heavy atom. The van der Waals surface area contributed by atoms with Crippen LogP contribution in [0.2, 0.25) is 0 Å². The molecule has 1 aromatic carbocycles. The second kappa shape index (κ2) is 6.32. The number of nitrogens with one attached hydrogen (secondary N) is 1. The lowest BCUT2D eigenvalue weighted by atomic mass is 10.1. The predicted molar refractivity (Wildman–Crippen MR) is 90.2 cm³/mol. The summed E-state index contributed by atoms with van der Waals surface area (Å²) in [5, 5.41) is 2.99. The van der Waals surface area contributed by atoms with E-state index < -0.39 is 0 Å². The molecule has 2 amide bonds. The molecule has 23 heavy (non-hydrogen) atoms. The standard InChI is InChI=1S/C18H25N3O2/c1-12-4-5-13(2)16(10-12)19-17(22)14-11-15(14)18(23)21-8-6-20(3)7-9-21/h4-5,10,14-15H,6-9,11H2,1-3H3,(H,19,22). The van der Waals surface area contributed by atoms with E-state index in [2.05, 4.69) is 17.3 Å². The summed E-state index contributed by atoms with van der Waals surface area (Å²) in [6.07, 6.45) is 0.682. The van der Waals surface area contributed by atoms with Crippen LogP contribution in [0.5, 0.6) is 0 Å². The van der Waals surface area contributed by atoms with E-state index in [0.717, 1.165) is 43.0 Å². The summed E-state index contributed by atoms with van der Waals surface area (Å²) in [5.41, 5.74) is 3.02. The summed E-state index contributed by atoms with van der Waals surface area (Å²) in [6, 6.07) is 6.01. The molecular formula is C18H25N3O2. The van der Waals surface area contributed by atoms with Gasteiger partial charge in [-0.25, -0.2) is 0 Å². The van der Waals surface area contributed by atoms with Crippen molar-refractivity contribution in [3.05, 3.63) is 29.3 Å². The number of anilines is 1. The van der Waals surface area contributed by atoms with Gasteiger partial charge < -0.3 is 15.1 Å². The summed E-state index contributed by atoms with van der Waals surface area (Å²) in [7, 11) is 2.07. The molecule has 124 valence electrons. The summed E-state index contributed by atoms with van der Waals surface area (Å²) >= 11 is 0. The van der Waals surface area contributed by atoms with E-state index in [0.29, 0.717) is 6.42 Å². The van der Waals surface area contributed by atoms with E-state index in [1.807, 2.05) is 36.9 Å². The molecule has 0 spiro atoms. The predicted octanol–water partition coefficient (Wildman–Crippen LogP) is 1.65. The fourth-order valence-corrected chi connectivity index (χ4v) is 3.11. The Bertz CT molecular complexity index is 621. The second-order valence-electron chi connectivity index (χ2n) is 6.88. The zero-order valence-electron chi connectivity index (χ0n) is 14.1. The Hall–Kier alpha value is -1.88. The fraction of sp³-hybridized carbons (Fsp3) is 0.556. The fourth-order valence-electron chi connectivity index (χ4n) is 3.11. The topological polar surface area (TPSA) is 52.7 Å². The molecule has 0 radical (unpaired) electrons. The largest absolute Gasteiger partial charge is 0.340 e. The van der Waals surface area contributed by atoms with Crippen molar-refractivity contribution < 1.29 is 9.59 Å². The van der Waals surface area contributed by atoms with E-state index in [9.17, 15) is 9.59 Å². The number of piperazine rings is 1. The first kappa shape index (κ1) is 16.0. The summed E-state index contributed by atoms with van der Waals surface area (Å²) in [4.78, 5) is 29.0. The first-order valence-corrected chi connectivity index (χ1v) is 8.31. The molecule has 2 atom stereocenters. The van der Waals surface area contributed by atoms with Crippen LogP contribution in [-0.2, 0) is 9.59 Å². The second-order valence-corrected chi connectivity index (χ2v) is 6.88. The van der Waals surface area contributed by atoms with Crippen molar-refractivity contribution in [2.45, 2.75) is 20.3 Å². The van der Waals surface area contributed by atoms with E-state index in [-0.39, 0.29) is 23.7 Å². The molecule has 0 bridgehead atoms. The molecule has 0 aromatic heterocycles. The minimum Gasteiger partial charge on any atom is -0.340 e. The minimum absolute atomic E-state index is 0.0221. The molecular weight excluding hydrogens is 290 g/mol. The van der Waals surface area contributed by atoms with E-state index >= 15 is 0 Å². The zero-order chi connectivity index (χ0) is 16.6. The van der Waals surface area contributed by atoms with Gasteiger partial charge in [0.25, 0.3) is 0 Å². The Kier molecular flexibility index (Phi) is 4.39. The van der Waals surface area contributed by atoms with Crippen LogP contribution in [-0.4, -0.2) is 54.8 Å². The highest BCUT2D eigenvalue weighted by Gasteiger charge is 2.49. The first-order chi connectivity index (χ1) is 11.0. The molecule has 2 fully saturated rings. The molecule has 1 heterocycles. The number of aryl methyl sites for hydroxylation is 2. The van der Waals surface area contributed by atoms with Crippen LogP contribution >= 0.6 is 0 Å². The monoisotopic (exact) mass is 315 g/mol.